The predicted octanol–water partition coefficient (Wildman–Crippen LogP) is 1.10. The second kappa shape index (κ2) is 6.34. The van der Waals surface area contributed by atoms with Gasteiger partial charge in [0, 0.05) is 12.6 Å². The number of hydrogen-bond donors (Lipinski definition) is 1. The highest BCUT2D eigenvalue weighted by atomic mass is 16.4. The Morgan fingerprint density at radius 3 is 2.76 bits per heavy atom. The zero-order valence-corrected chi connectivity index (χ0v) is 10.6. The first-order chi connectivity index (χ1) is 8.08. The highest BCUT2D eigenvalue weighted by Crippen LogP contribution is 2.03. The van der Waals surface area contributed by atoms with Crippen LogP contribution in [0.25, 0.3) is 0 Å². The van der Waals surface area contributed by atoms with Crippen molar-refractivity contribution in [2.45, 2.75) is 39.8 Å². The summed E-state index contributed by atoms with van der Waals surface area (Å²) in [5, 5.41) is 16.1. The molecule has 0 aliphatic heterocycles. The Kier molecular flexibility index (Phi) is 5.09. The fraction of sp³-hybridized carbons (Fsp3) is 0.727. The molecule has 6 heteroatoms. The van der Waals surface area contributed by atoms with Gasteiger partial charge in [-0.3, -0.25) is 9.58 Å². The summed E-state index contributed by atoms with van der Waals surface area (Å²) in [6.07, 6.45) is 2.57. The first kappa shape index (κ1) is 13.6. The molecule has 1 aromatic rings. The molecule has 6 nitrogen and oxygen atoms in total. The van der Waals surface area contributed by atoms with Crippen LogP contribution in [-0.2, 0) is 6.54 Å². The molecule has 0 fully saturated rings. The quantitative estimate of drug-likeness (QED) is 0.772. The molecule has 1 atom stereocenters. The van der Waals surface area contributed by atoms with Gasteiger partial charge in [-0.1, -0.05) is 19.1 Å². The van der Waals surface area contributed by atoms with E-state index in [4.69, 9.17) is 5.11 Å². The van der Waals surface area contributed by atoms with Crippen LogP contribution in [0.15, 0.2) is 6.20 Å². The lowest BCUT2D eigenvalue weighted by Crippen LogP contribution is -2.35. The van der Waals surface area contributed by atoms with Gasteiger partial charge in [0.2, 0.25) is 0 Å². The van der Waals surface area contributed by atoms with Crippen molar-refractivity contribution in [2.75, 3.05) is 13.1 Å². The molecular formula is C11H20N4O2. The molecule has 1 rings (SSSR count). The van der Waals surface area contributed by atoms with Gasteiger partial charge in [0.25, 0.3) is 0 Å². The normalized spacial score (nSPS) is 12.9. The van der Waals surface area contributed by atoms with Gasteiger partial charge in [-0.2, -0.15) is 0 Å². The molecule has 0 bridgehead atoms. The Morgan fingerprint density at radius 1 is 1.59 bits per heavy atom. The zero-order chi connectivity index (χ0) is 12.8. The van der Waals surface area contributed by atoms with E-state index in [1.165, 1.54) is 6.20 Å². The van der Waals surface area contributed by atoms with Crippen molar-refractivity contribution in [3.63, 3.8) is 0 Å². The third-order valence-corrected chi connectivity index (χ3v) is 2.99. The van der Waals surface area contributed by atoms with Crippen LogP contribution in [0.1, 0.15) is 37.7 Å². The molecule has 1 N–H and O–H groups in total. The van der Waals surface area contributed by atoms with Gasteiger partial charge < -0.3 is 5.11 Å². The van der Waals surface area contributed by atoms with Crippen molar-refractivity contribution in [2.24, 2.45) is 0 Å². The first-order valence-electron chi connectivity index (χ1n) is 5.95. The molecule has 0 saturated heterocycles. The second-order valence-corrected chi connectivity index (χ2v) is 4.06. The van der Waals surface area contributed by atoms with Gasteiger partial charge in [0.05, 0.1) is 12.7 Å². The summed E-state index contributed by atoms with van der Waals surface area (Å²) in [4.78, 5) is 13.0. The topological polar surface area (TPSA) is 71.2 Å². The lowest BCUT2D eigenvalue weighted by atomic mass is 10.2. The Bertz CT molecular complexity index is 364. The molecule has 0 aromatic carbocycles. The van der Waals surface area contributed by atoms with Crippen molar-refractivity contribution in [1.29, 1.82) is 0 Å². The Labute approximate surface area is 101 Å². The van der Waals surface area contributed by atoms with Crippen LogP contribution in [-0.4, -0.2) is 50.1 Å². The van der Waals surface area contributed by atoms with Crippen LogP contribution in [0, 0.1) is 0 Å². The smallest absolute Gasteiger partial charge is 0.358 e. The molecule has 1 heterocycles. The Morgan fingerprint density at radius 2 is 2.29 bits per heavy atom. The molecule has 17 heavy (non-hydrogen) atoms. The zero-order valence-electron chi connectivity index (χ0n) is 10.6. The van der Waals surface area contributed by atoms with Crippen LogP contribution in [0.2, 0.25) is 0 Å². The first-order valence-corrected chi connectivity index (χ1v) is 5.95. The van der Waals surface area contributed by atoms with E-state index in [1.54, 1.807) is 4.68 Å². The van der Waals surface area contributed by atoms with Gasteiger partial charge in [0.1, 0.15) is 0 Å². The monoisotopic (exact) mass is 240 g/mol. The van der Waals surface area contributed by atoms with Crippen molar-refractivity contribution >= 4 is 5.97 Å². The maximum Gasteiger partial charge on any atom is 0.358 e. The summed E-state index contributed by atoms with van der Waals surface area (Å²) in [5.41, 5.74) is -0.00316. The van der Waals surface area contributed by atoms with E-state index < -0.39 is 5.97 Å². The summed E-state index contributed by atoms with van der Waals surface area (Å²) < 4.78 is 1.58. The molecule has 96 valence electrons. The van der Waals surface area contributed by atoms with Crippen molar-refractivity contribution in [3.8, 4) is 0 Å². The summed E-state index contributed by atoms with van der Waals surface area (Å²) in [6, 6.07) is 0.530. The van der Waals surface area contributed by atoms with Crippen molar-refractivity contribution in [1.82, 2.24) is 19.9 Å². The van der Waals surface area contributed by atoms with Gasteiger partial charge in [-0.05, 0) is 19.9 Å². The molecule has 1 aromatic heterocycles. The molecule has 0 aliphatic carbocycles. The van der Waals surface area contributed by atoms with Crippen LogP contribution >= 0.6 is 0 Å². The molecule has 1 unspecified atom stereocenters. The largest absolute Gasteiger partial charge is 0.476 e. The predicted molar refractivity (Wildman–Crippen MR) is 64.0 cm³/mol. The molecular weight excluding hydrogens is 220 g/mol. The van der Waals surface area contributed by atoms with E-state index in [9.17, 15) is 4.79 Å². The number of carboxylic acids is 1. The lowest BCUT2D eigenvalue weighted by Gasteiger charge is -2.26. The Balaban J connectivity index is 2.50. The van der Waals surface area contributed by atoms with E-state index in [1.807, 2.05) is 0 Å². The minimum atomic E-state index is -1.04. The Hall–Kier alpha value is -1.43. The number of rotatable bonds is 7. The van der Waals surface area contributed by atoms with Crippen LogP contribution in [0.3, 0.4) is 0 Å². The summed E-state index contributed by atoms with van der Waals surface area (Å²) in [6.45, 7) is 8.97. The van der Waals surface area contributed by atoms with Gasteiger partial charge in [0.15, 0.2) is 5.69 Å². The number of aromatic carboxylic acids is 1. The number of nitrogens with zero attached hydrogens (tertiary/aromatic N) is 4. The van der Waals surface area contributed by atoms with E-state index in [0.29, 0.717) is 12.6 Å². The highest BCUT2D eigenvalue weighted by Gasteiger charge is 2.11. The lowest BCUT2D eigenvalue weighted by molar-refractivity contribution is 0.0690. The number of aromatic nitrogens is 3. The van der Waals surface area contributed by atoms with Gasteiger partial charge in [-0.15, -0.1) is 5.10 Å². The maximum absolute atomic E-state index is 10.6. The standard InChI is InChI=1S/C11H20N4O2/c1-4-9(3)14(5-2)6-7-15-8-10(11(16)17)12-13-15/h8-9H,4-7H2,1-3H3,(H,16,17). The number of carbonyl (C=O) groups is 1. The van der Waals surface area contributed by atoms with Gasteiger partial charge >= 0.3 is 5.97 Å². The molecule has 0 radical (unpaired) electrons. The van der Waals surface area contributed by atoms with E-state index in [0.717, 1.165) is 19.5 Å². The highest BCUT2D eigenvalue weighted by molar-refractivity contribution is 5.84. The van der Waals surface area contributed by atoms with Crippen LogP contribution < -0.4 is 0 Å². The van der Waals surface area contributed by atoms with Crippen molar-refractivity contribution < 1.29 is 9.90 Å². The van der Waals surface area contributed by atoms with Crippen molar-refractivity contribution in [3.05, 3.63) is 11.9 Å². The summed E-state index contributed by atoms with van der Waals surface area (Å²) >= 11 is 0. The fourth-order valence-corrected chi connectivity index (χ4v) is 1.68. The third kappa shape index (κ3) is 3.81. The molecule has 0 saturated carbocycles. The summed E-state index contributed by atoms with van der Waals surface area (Å²) in [5.74, 6) is -1.04. The average Bonchev–Trinajstić information content (AvgIpc) is 2.78. The average molecular weight is 240 g/mol. The SMILES string of the molecule is CCC(C)N(CC)CCn1cc(C(=O)O)nn1. The minimum Gasteiger partial charge on any atom is -0.476 e. The molecule has 0 aliphatic rings. The van der Waals surface area contributed by atoms with Crippen LogP contribution in [0.5, 0.6) is 0 Å². The molecule has 0 amide bonds. The second-order valence-electron chi connectivity index (χ2n) is 4.06. The van der Waals surface area contributed by atoms with Gasteiger partial charge in [-0.25, -0.2) is 4.79 Å². The number of carboxylic acid groups (broad SMARTS) is 1. The number of hydrogen-bond acceptors (Lipinski definition) is 4. The summed E-state index contributed by atoms with van der Waals surface area (Å²) in [7, 11) is 0. The molecule has 0 spiro atoms. The third-order valence-electron chi connectivity index (χ3n) is 2.99. The maximum atomic E-state index is 10.6. The minimum absolute atomic E-state index is 0.00316. The van der Waals surface area contributed by atoms with Crippen LogP contribution in [0.4, 0.5) is 0 Å². The van der Waals surface area contributed by atoms with E-state index in [2.05, 4.69) is 36.0 Å². The fourth-order valence-electron chi connectivity index (χ4n) is 1.68. The number of likely N-dealkylation sites (N-methyl/N-ethyl adjacent to an activating group) is 1. The van der Waals surface area contributed by atoms with E-state index in [-0.39, 0.29) is 5.69 Å². The van der Waals surface area contributed by atoms with E-state index >= 15 is 0 Å².